The summed E-state index contributed by atoms with van der Waals surface area (Å²) in [5, 5.41) is 0. The van der Waals surface area contributed by atoms with E-state index in [9.17, 15) is 9.59 Å². The van der Waals surface area contributed by atoms with E-state index in [1.54, 1.807) is 7.11 Å². The molecule has 0 N–H and O–H groups in total. The third-order valence-electron chi connectivity index (χ3n) is 5.22. The van der Waals surface area contributed by atoms with E-state index < -0.39 is 0 Å². The highest BCUT2D eigenvalue weighted by molar-refractivity contribution is 5.79. The molecule has 0 saturated carbocycles. The predicted molar refractivity (Wildman–Crippen MR) is 113 cm³/mol. The molecule has 6 heteroatoms. The third-order valence-corrected chi connectivity index (χ3v) is 5.22. The minimum absolute atomic E-state index is 0.109. The lowest BCUT2D eigenvalue weighted by molar-refractivity contribution is -0.132. The number of methoxy groups -OCH3 is 1. The zero-order valence-corrected chi connectivity index (χ0v) is 17.3. The Labute approximate surface area is 172 Å². The first-order chi connectivity index (χ1) is 14.0. The first-order valence-corrected chi connectivity index (χ1v) is 9.88. The van der Waals surface area contributed by atoms with E-state index >= 15 is 0 Å². The average molecular weight is 396 g/mol. The van der Waals surface area contributed by atoms with Gasteiger partial charge in [0, 0.05) is 43.5 Å². The van der Waals surface area contributed by atoms with Crippen LogP contribution in [0.3, 0.4) is 0 Å². The number of ether oxygens (including phenoxy) is 2. The fraction of sp³-hybridized carbons (Fsp3) is 0.391. The summed E-state index contributed by atoms with van der Waals surface area (Å²) in [7, 11) is 1.61. The van der Waals surface area contributed by atoms with Gasteiger partial charge in [0.1, 0.15) is 17.8 Å². The van der Waals surface area contributed by atoms with Gasteiger partial charge in [0.05, 0.1) is 20.1 Å². The summed E-state index contributed by atoms with van der Waals surface area (Å²) in [5.74, 6) is 1.54. The highest BCUT2D eigenvalue weighted by atomic mass is 16.5. The van der Waals surface area contributed by atoms with Crippen LogP contribution in [0.4, 0.5) is 5.69 Å². The molecule has 0 bridgehead atoms. The molecule has 1 amide bonds. The van der Waals surface area contributed by atoms with Crippen LogP contribution in [0.2, 0.25) is 0 Å². The first kappa shape index (κ1) is 20.7. The molecule has 29 heavy (non-hydrogen) atoms. The van der Waals surface area contributed by atoms with Crippen LogP contribution in [-0.2, 0) is 4.79 Å². The largest absolute Gasteiger partial charge is 0.497 e. The van der Waals surface area contributed by atoms with Gasteiger partial charge >= 0.3 is 0 Å². The Bertz CT molecular complexity index is 850. The fourth-order valence-corrected chi connectivity index (χ4v) is 3.84. The molecule has 1 fully saturated rings. The number of aldehydes is 1. The van der Waals surface area contributed by atoms with Crippen LogP contribution in [0.5, 0.6) is 11.5 Å². The molecular formula is C23H28N2O4. The zero-order chi connectivity index (χ0) is 20.8. The second-order valence-corrected chi connectivity index (χ2v) is 7.27. The van der Waals surface area contributed by atoms with Crippen LogP contribution in [0.25, 0.3) is 0 Å². The van der Waals surface area contributed by atoms with Gasteiger partial charge in [-0.3, -0.25) is 9.59 Å². The Balaban J connectivity index is 1.50. The lowest BCUT2D eigenvalue weighted by Crippen LogP contribution is -2.49. The first-order valence-electron chi connectivity index (χ1n) is 9.88. The molecule has 3 rings (SSSR count). The van der Waals surface area contributed by atoms with E-state index in [2.05, 4.69) is 4.90 Å². The summed E-state index contributed by atoms with van der Waals surface area (Å²) in [6, 6.07) is 11.2. The van der Waals surface area contributed by atoms with Crippen LogP contribution in [-0.4, -0.2) is 57.0 Å². The Hall–Kier alpha value is -3.02. The number of piperazine rings is 1. The molecule has 0 radical (unpaired) electrons. The zero-order valence-electron chi connectivity index (χ0n) is 17.3. The number of hydrogen-bond donors (Lipinski definition) is 0. The fourth-order valence-electron chi connectivity index (χ4n) is 3.84. The van der Waals surface area contributed by atoms with Gasteiger partial charge in [-0.15, -0.1) is 0 Å². The average Bonchev–Trinajstić information content (AvgIpc) is 2.73. The van der Waals surface area contributed by atoms with Crippen LogP contribution < -0.4 is 14.4 Å². The number of carbonyl (C=O) groups excluding carboxylic acids is 2. The van der Waals surface area contributed by atoms with E-state index in [0.29, 0.717) is 37.4 Å². The van der Waals surface area contributed by atoms with Crippen molar-refractivity contribution in [3.63, 3.8) is 0 Å². The molecule has 2 aromatic rings. The van der Waals surface area contributed by atoms with Gasteiger partial charge in [-0.2, -0.15) is 0 Å². The molecule has 1 aliphatic rings. The Morgan fingerprint density at radius 2 is 1.69 bits per heavy atom. The molecule has 0 unspecified atom stereocenters. The number of nitrogens with zero attached hydrogens (tertiary/aromatic N) is 2. The van der Waals surface area contributed by atoms with E-state index in [4.69, 9.17) is 9.47 Å². The number of aryl methyl sites for hydroxylation is 2. The van der Waals surface area contributed by atoms with Crippen LogP contribution in [0, 0.1) is 13.8 Å². The Morgan fingerprint density at radius 1 is 1.03 bits per heavy atom. The molecule has 0 aliphatic carbocycles. The van der Waals surface area contributed by atoms with Crippen molar-refractivity contribution < 1.29 is 19.1 Å². The molecule has 1 aliphatic heterocycles. The second kappa shape index (κ2) is 9.45. The second-order valence-electron chi connectivity index (χ2n) is 7.27. The SMILES string of the molecule is COc1cccc(OCCC(=O)N2CCN(c3c(C)cc(C=O)cc3C)CC2)c1. The van der Waals surface area contributed by atoms with E-state index in [0.717, 1.165) is 36.3 Å². The number of amides is 1. The van der Waals surface area contributed by atoms with Gasteiger partial charge in [-0.25, -0.2) is 0 Å². The van der Waals surface area contributed by atoms with Gasteiger partial charge in [0.15, 0.2) is 0 Å². The van der Waals surface area contributed by atoms with Crippen molar-refractivity contribution in [1.29, 1.82) is 0 Å². The molecule has 1 saturated heterocycles. The molecule has 0 spiro atoms. The summed E-state index contributed by atoms with van der Waals surface area (Å²) in [4.78, 5) is 27.8. The number of anilines is 1. The number of benzene rings is 2. The Kier molecular flexibility index (Phi) is 6.75. The molecule has 0 aromatic heterocycles. The molecule has 154 valence electrons. The summed E-state index contributed by atoms with van der Waals surface area (Å²) >= 11 is 0. The van der Waals surface area contributed by atoms with Crippen molar-refractivity contribution in [2.75, 3.05) is 44.8 Å². The van der Waals surface area contributed by atoms with Crippen molar-refractivity contribution in [3.8, 4) is 11.5 Å². The molecule has 1 heterocycles. The van der Waals surface area contributed by atoms with Crippen molar-refractivity contribution in [2.24, 2.45) is 0 Å². The van der Waals surface area contributed by atoms with Crippen molar-refractivity contribution in [3.05, 3.63) is 53.1 Å². The van der Waals surface area contributed by atoms with E-state index in [1.165, 1.54) is 5.69 Å². The van der Waals surface area contributed by atoms with Gasteiger partial charge in [0.25, 0.3) is 0 Å². The predicted octanol–water partition coefficient (Wildman–Crippen LogP) is 3.24. The molecular weight excluding hydrogens is 368 g/mol. The maximum absolute atomic E-state index is 12.5. The van der Waals surface area contributed by atoms with Crippen molar-refractivity contribution in [1.82, 2.24) is 4.90 Å². The monoisotopic (exact) mass is 396 g/mol. The summed E-state index contributed by atoms with van der Waals surface area (Å²) in [6.45, 7) is 7.34. The number of carbonyl (C=O) groups is 2. The molecule has 2 aromatic carbocycles. The van der Waals surface area contributed by atoms with Crippen LogP contribution in [0.15, 0.2) is 36.4 Å². The maximum Gasteiger partial charge on any atom is 0.226 e. The lowest BCUT2D eigenvalue weighted by atomic mass is 10.0. The quantitative estimate of drug-likeness (QED) is 0.673. The number of hydrogen-bond acceptors (Lipinski definition) is 5. The topological polar surface area (TPSA) is 59.1 Å². The van der Waals surface area contributed by atoms with Crippen LogP contribution in [0.1, 0.15) is 27.9 Å². The van der Waals surface area contributed by atoms with Gasteiger partial charge in [-0.05, 0) is 49.2 Å². The van der Waals surface area contributed by atoms with Crippen LogP contribution >= 0.6 is 0 Å². The summed E-state index contributed by atoms with van der Waals surface area (Å²) in [6.07, 6.45) is 1.23. The Morgan fingerprint density at radius 3 is 2.31 bits per heavy atom. The van der Waals surface area contributed by atoms with Crippen molar-refractivity contribution >= 4 is 17.9 Å². The molecule has 0 atom stereocenters. The minimum Gasteiger partial charge on any atom is -0.497 e. The standard InChI is InChI=1S/C23H28N2O4/c1-17-13-19(16-26)14-18(2)23(17)25-10-8-24(9-11-25)22(27)7-12-29-21-6-4-5-20(15-21)28-3/h4-6,13-16H,7-12H2,1-3H3. The smallest absolute Gasteiger partial charge is 0.226 e. The van der Waals surface area contributed by atoms with Crippen molar-refractivity contribution in [2.45, 2.75) is 20.3 Å². The highest BCUT2D eigenvalue weighted by Gasteiger charge is 2.23. The van der Waals surface area contributed by atoms with Gasteiger partial charge in [-0.1, -0.05) is 6.07 Å². The summed E-state index contributed by atoms with van der Waals surface area (Å²) in [5.41, 5.74) is 4.06. The maximum atomic E-state index is 12.5. The van der Waals surface area contributed by atoms with E-state index in [-0.39, 0.29) is 5.91 Å². The normalized spacial score (nSPS) is 13.9. The highest BCUT2D eigenvalue weighted by Crippen LogP contribution is 2.27. The lowest BCUT2D eigenvalue weighted by Gasteiger charge is -2.37. The summed E-state index contributed by atoms with van der Waals surface area (Å²) < 4.78 is 10.9. The van der Waals surface area contributed by atoms with E-state index in [1.807, 2.05) is 55.1 Å². The molecule has 6 nitrogen and oxygen atoms in total. The van der Waals surface area contributed by atoms with Gasteiger partial charge < -0.3 is 19.3 Å². The third kappa shape index (κ3) is 5.08. The number of rotatable bonds is 7. The van der Waals surface area contributed by atoms with Gasteiger partial charge in [0.2, 0.25) is 5.91 Å². The minimum atomic E-state index is 0.109.